The number of hydrogen-bond donors (Lipinski definition) is 8. The number of amides is 4. The SMILES string of the molecule is CCC(C)C(N)C(=O)NC(CO)C(=O)NC(CC(N)=O)C(=O)NC(CC(=O)O)C(=O)O. The Kier molecular flexibility index (Phi) is 11.7. The van der Waals surface area contributed by atoms with Gasteiger partial charge in [-0.25, -0.2) is 4.79 Å². The topological polar surface area (TPSA) is 251 Å². The maximum Gasteiger partial charge on any atom is 0.326 e. The molecule has 0 radical (unpaired) electrons. The lowest BCUT2D eigenvalue weighted by atomic mass is 9.99. The summed E-state index contributed by atoms with van der Waals surface area (Å²) >= 11 is 0. The number of aliphatic hydroxyl groups is 1. The highest BCUT2D eigenvalue weighted by Gasteiger charge is 2.32. The van der Waals surface area contributed by atoms with E-state index in [-0.39, 0.29) is 5.92 Å². The van der Waals surface area contributed by atoms with E-state index < -0.39 is 79.2 Å². The molecule has 5 atom stereocenters. The standard InChI is InChI=1S/C17H29N5O9/c1-3-7(2)13(19)16(29)22-10(6-23)15(28)20-8(4-11(18)24)14(27)21-9(17(30)31)5-12(25)26/h7-10,13,23H,3-6,19H2,1-2H3,(H2,18,24)(H,20,28)(H,21,27)(H,22,29)(H,25,26)(H,30,31). The van der Waals surface area contributed by atoms with Crippen LogP contribution in [0.15, 0.2) is 0 Å². The third kappa shape index (κ3) is 9.86. The quantitative estimate of drug-likeness (QED) is 0.129. The van der Waals surface area contributed by atoms with Crippen LogP contribution in [0.25, 0.3) is 0 Å². The molecule has 0 aromatic carbocycles. The smallest absolute Gasteiger partial charge is 0.326 e. The van der Waals surface area contributed by atoms with Crippen molar-refractivity contribution >= 4 is 35.6 Å². The molecule has 5 unspecified atom stereocenters. The van der Waals surface area contributed by atoms with Gasteiger partial charge in [-0.1, -0.05) is 20.3 Å². The Bertz CT molecular complexity index is 699. The van der Waals surface area contributed by atoms with Crippen LogP contribution in [0.2, 0.25) is 0 Å². The number of carbonyl (C=O) groups is 6. The molecule has 0 saturated heterocycles. The number of carbonyl (C=O) groups excluding carboxylic acids is 4. The van der Waals surface area contributed by atoms with Crippen molar-refractivity contribution in [1.82, 2.24) is 16.0 Å². The van der Waals surface area contributed by atoms with Crippen LogP contribution >= 0.6 is 0 Å². The summed E-state index contributed by atoms with van der Waals surface area (Å²) in [6, 6.07) is -6.02. The van der Waals surface area contributed by atoms with Gasteiger partial charge in [-0.3, -0.25) is 24.0 Å². The normalized spacial score (nSPS) is 15.5. The number of nitrogens with one attached hydrogen (secondary N) is 3. The lowest BCUT2D eigenvalue weighted by Gasteiger charge is -2.24. The molecular weight excluding hydrogens is 418 g/mol. The van der Waals surface area contributed by atoms with E-state index in [1.54, 1.807) is 13.8 Å². The minimum absolute atomic E-state index is 0.224. The molecule has 10 N–H and O–H groups in total. The predicted octanol–water partition coefficient (Wildman–Crippen LogP) is -3.76. The average molecular weight is 447 g/mol. The second-order valence-corrected chi connectivity index (χ2v) is 6.88. The summed E-state index contributed by atoms with van der Waals surface area (Å²) in [5.41, 5.74) is 10.8. The molecule has 0 aromatic heterocycles. The van der Waals surface area contributed by atoms with Crippen molar-refractivity contribution < 1.29 is 44.1 Å². The molecule has 0 bridgehead atoms. The first-order chi connectivity index (χ1) is 14.3. The van der Waals surface area contributed by atoms with Gasteiger partial charge in [0.2, 0.25) is 23.6 Å². The van der Waals surface area contributed by atoms with Crippen LogP contribution in [0.4, 0.5) is 0 Å². The van der Waals surface area contributed by atoms with E-state index in [4.69, 9.17) is 21.7 Å². The molecule has 31 heavy (non-hydrogen) atoms. The van der Waals surface area contributed by atoms with Crippen molar-refractivity contribution in [3.05, 3.63) is 0 Å². The summed E-state index contributed by atoms with van der Waals surface area (Å²) in [5.74, 6) is -7.42. The Hall–Kier alpha value is -3.26. The van der Waals surface area contributed by atoms with Crippen molar-refractivity contribution in [3.63, 3.8) is 0 Å². The molecule has 0 aliphatic carbocycles. The molecule has 0 aliphatic rings. The molecule has 0 aliphatic heterocycles. The van der Waals surface area contributed by atoms with Crippen molar-refractivity contribution in [2.75, 3.05) is 6.61 Å². The maximum absolute atomic E-state index is 12.4. The number of primary amides is 1. The Balaban J connectivity index is 5.34. The molecule has 176 valence electrons. The van der Waals surface area contributed by atoms with Crippen LogP contribution in [0.1, 0.15) is 33.1 Å². The molecule has 0 fully saturated rings. The first kappa shape index (κ1) is 27.7. The Labute approximate surface area is 177 Å². The lowest BCUT2D eigenvalue weighted by molar-refractivity contribution is -0.147. The number of rotatable bonds is 14. The van der Waals surface area contributed by atoms with E-state index >= 15 is 0 Å². The van der Waals surface area contributed by atoms with E-state index in [0.717, 1.165) is 0 Å². The van der Waals surface area contributed by atoms with Crippen LogP contribution in [-0.2, 0) is 28.8 Å². The highest BCUT2D eigenvalue weighted by molar-refractivity contribution is 5.96. The van der Waals surface area contributed by atoms with Crippen molar-refractivity contribution in [2.24, 2.45) is 17.4 Å². The molecule has 0 saturated carbocycles. The monoisotopic (exact) mass is 447 g/mol. The summed E-state index contributed by atoms with van der Waals surface area (Å²) in [7, 11) is 0. The zero-order chi connectivity index (χ0) is 24.3. The largest absolute Gasteiger partial charge is 0.481 e. The predicted molar refractivity (Wildman–Crippen MR) is 104 cm³/mol. The second-order valence-electron chi connectivity index (χ2n) is 6.88. The van der Waals surface area contributed by atoms with Gasteiger partial charge in [0.05, 0.1) is 25.5 Å². The second kappa shape index (κ2) is 13.1. The van der Waals surface area contributed by atoms with E-state index in [2.05, 4.69) is 10.6 Å². The van der Waals surface area contributed by atoms with E-state index in [1.165, 1.54) is 0 Å². The van der Waals surface area contributed by atoms with Crippen LogP contribution in [0, 0.1) is 5.92 Å². The van der Waals surface area contributed by atoms with Gasteiger partial charge in [0.25, 0.3) is 0 Å². The number of nitrogens with two attached hydrogens (primary N) is 2. The number of carboxylic acid groups (broad SMARTS) is 2. The van der Waals surface area contributed by atoms with Crippen LogP contribution in [0.3, 0.4) is 0 Å². The Morgan fingerprint density at radius 1 is 0.839 bits per heavy atom. The van der Waals surface area contributed by atoms with Gasteiger partial charge in [0.15, 0.2) is 0 Å². The third-order valence-corrected chi connectivity index (χ3v) is 4.41. The molecule has 0 aromatic rings. The van der Waals surface area contributed by atoms with Crippen LogP contribution < -0.4 is 27.4 Å². The van der Waals surface area contributed by atoms with Gasteiger partial charge in [0.1, 0.15) is 18.1 Å². The lowest BCUT2D eigenvalue weighted by Crippen LogP contribution is -2.59. The van der Waals surface area contributed by atoms with Crippen LogP contribution in [0.5, 0.6) is 0 Å². The molecule has 0 spiro atoms. The van der Waals surface area contributed by atoms with Crippen molar-refractivity contribution in [1.29, 1.82) is 0 Å². The van der Waals surface area contributed by atoms with Crippen molar-refractivity contribution in [2.45, 2.75) is 57.3 Å². The molecule has 14 heteroatoms. The molecule has 14 nitrogen and oxygen atoms in total. The molecule has 0 rings (SSSR count). The molecular formula is C17H29N5O9. The fraction of sp³-hybridized carbons (Fsp3) is 0.647. The number of aliphatic carboxylic acids is 2. The maximum atomic E-state index is 12.4. The summed E-state index contributed by atoms with van der Waals surface area (Å²) in [4.78, 5) is 70.0. The number of carboxylic acids is 2. The molecule has 4 amide bonds. The summed E-state index contributed by atoms with van der Waals surface area (Å²) < 4.78 is 0. The fourth-order valence-electron chi connectivity index (χ4n) is 2.30. The van der Waals surface area contributed by atoms with Gasteiger partial charge in [-0.15, -0.1) is 0 Å². The highest BCUT2D eigenvalue weighted by Crippen LogP contribution is 2.06. The first-order valence-electron chi connectivity index (χ1n) is 9.34. The number of hydrogen-bond acceptors (Lipinski definition) is 8. The van der Waals surface area contributed by atoms with Gasteiger partial charge < -0.3 is 42.7 Å². The van der Waals surface area contributed by atoms with E-state index in [0.29, 0.717) is 6.42 Å². The summed E-state index contributed by atoms with van der Waals surface area (Å²) in [5, 5.41) is 33.3. The zero-order valence-corrected chi connectivity index (χ0v) is 17.2. The van der Waals surface area contributed by atoms with E-state index in [9.17, 15) is 33.9 Å². The van der Waals surface area contributed by atoms with Gasteiger partial charge in [0, 0.05) is 0 Å². The van der Waals surface area contributed by atoms with Gasteiger partial charge in [-0.05, 0) is 5.92 Å². The summed E-state index contributed by atoms with van der Waals surface area (Å²) in [6.07, 6.45) is -1.14. The van der Waals surface area contributed by atoms with E-state index in [1.807, 2.05) is 5.32 Å². The Morgan fingerprint density at radius 2 is 1.32 bits per heavy atom. The Morgan fingerprint density at radius 3 is 1.74 bits per heavy atom. The zero-order valence-electron chi connectivity index (χ0n) is 17.2. The number of aliphatic hydroxyl groups excluding tert-OH is 1. The van der Waals surface area contributed by atoms with Crippen LogP contribution in [-0.4, -0.2) is 81.7 Å². The summed E-state index contributed by atoms with van der Waals surface area (Å²) in [6.45, 7) is 2.64. The van der Waals surface area contributed by atoms with Gasteiger partial charge >= 0.3 is 11.9 Å². The highest BCUT2D eigenvalue weighted by atomic mass is 16.4. The van der Waals surface area contributed by atoms with Gasteiger partial charge in [-0.2, -0.15) is 0 Å². The minimum atomic E-state index is -1.83. The average Bonchev–Trinajstić information content (AvgIpc) is 2.68. The first-order valence-corrected chi connectivity index (χ1v) is 9.34. The fourth-order valence-corrected chi connectivity index (χ4v) is 2.30. The van der Waals surface area contributed by atoms with Crippen molar-refractivity contribution in [3.8, 4) is 0 Å². The molecule has 0 heterocycles. The minimum Gasteiger partial charge on any atom is -0.481 e. The third-order valence-electron chi connectivity index (χ3n) is 4.41.